The highest BCUT2D eigenvalue weighted by Gasteiger charge is 2.24. The summed E-state index contributed by atoms with van der Waals surface area (Å²) in [5, 5.41) is 7.81. The lowest BCUT2D eigenvalue weighted by atomic mass is 10.1. The minimum atomic E-state index is -0.191. The third kappa shape index (κ3) is 6.35. The summed E-state index contributed by atoms with van der Waals surface area (Å²) in [6.07, 6.45) is 0.305. The van der Waals surface area contributed by atoms with Gasteiger partial charge in [-0.15, -0.1) is 11.3 Å². The summed E-state index contributed by atoms with van der Waals surface area (Å²) in [5.74, 6) is 0.553. The molecular weight excluding hydrogens is 476 g/mol. The van der Waals surface area contributed by atoms with E-state index in [0.29, 0.717) is 30.8 Å². The van der Waals surface area contributed by atoms with E-state index in [9.17, 15) is 9.59 Å². The van der Waals surface area contributed by atoms with E-state index in [4.69, 9.17) is 9.47 Å². The van der Waals surface area contributed by atoms with Gasteiger partial charge in [-0.2, -0.15) is 0 Å². The van der Waals surface area contributed by atoms with Crippen molar-refractivity contribution >= 4 is 40.2 Å². The lowest BCUT2D eigenvalue weighted by molar-refractivity contribution is -0.115. The van der Waals surface area contributed by atoms with Crippen molar-refractivity contribution in [2.45, 2.75) is 6.42 Å². The molecule has 36 heavy (non-hydrogen) atoms. The zero-order chi connectivity index (χ0) is 25.3. The van der Waals surface area contributed by atoms with Crippen LogP contribution in [0.5, 0.6) is 5.75 Å². The number of benzene rings is 2. The molecule has 2 amide bonds. The van der Waals surface area contributed by atoms with Gasteiger partial charge in [-0.05, 0) is 41.8 Å². The number of carbonyl (C=O) groups is 2. The first-order chi connectivity index (χ1) is 17.6. The number of nitrogens with one attached hydrogen (secondary N) is 2. The fraction of sp³-hybridized carbons (Fsp3) is 0.333. The molecule has 1 fully saturated rings. The van der Waals surface area contributed by atoms with Crippen molar-refractivity contribution in [3.05, 3.63) is 70.4 Å². The normalized spacial score (nSPS) is 13.4. The van der Waals surface area contributed by atoms with Crippen LogP contribution in [-0.2, 0) is 16.0 Å². The fourth-order valence-electron chi connectivity index (χ4n) is 4.29. The highest BCUT2D eigenvalue weighted by molar-refractivity contribution is 7.10. The fourth-order valence-corrected chi connectivity index (χ4v) is 4.99. The van der Waals surface area contributed by atoms with E-state index in [1.165, 1.54) is 0 Å². The molecule has 9 heteroatoms. The van der Waals surface area contributed by atoms with Crippen LogP contribution in [0, 0.1) is 0 Å². The number of para-hydroxylation sites is 2. The molecule has 1 aliphatic heterocycles. The van der Waals surface area contributed by atoms with E-state index < -0.39 is 0 Å². The van der Waals surface area contributed by atoms with Crippen LogP contribution >= 0.6 is 11.3 Å². The van der Waals surface area contributed by atoms with Gasteiger partial charge in [0, 0.05) is 56.1 Å². The average molecular weight is 509 g/mol. The molecule has 4 rings (SSSR count). The molecule has 1 aromatic heterocycles. The number of ether oxygens (including phenoxy) is 2. The summed E-state index contributed by atoms with van der Waals surface area (Å²) in [7, 11) is 3.28. The zero-order valence-electron chi connectivity index (χ0n) is 20.7. The first-order valence-electron chi connectivity index (χ1n) is 12.0. The predicted molar refractivity (Wildman–Crippen MR) is 145 cm³/mol. The van der Waals surface area contributed by atoms with Gasteiger partial charge in [-0.3, -0.25) is 9.59 Å². The second kappa shape index (κ2) is 12.4. The molecule has 0 bridgehead atoms. The Labute approximate surface area is 215 Å². The van der Waals surface area contributed by atoms with Crippen molar-refractivity contribution in [3.63, 3.8) is 0 Å². The summed E-state index contributed by atoms with van der Waals surface area (Å²) < 4.78 is 10.6. The topological polar surface area (TPSA) is 83.1 Å². The second-order valence-electron chi connectivity index (χ2n) is 8.43. The van der Waals surface area contributed by atoms with Crippen LogP contribution < -0.4 is 25.2 Å². The van der Waals surface area contributed by atoms with Gasteiger partial charge in [0.15, 0.2) is 0 Å². The molecule has 0 saturated carbocycles. The molecule has 2 aromatic carbocycles. The predicted octanol–water partition coefficient (Wildman–Crippen LogP) is 3.64. The maximum atomic E-state index is 13.1. The molecule has 0 atom stereocenters. The van der Waals surface area contributed by atoms with E-state index in [0.717, 1.165) is 48.2 Å². The maximum Gasteiger partial charge on any atom is 0.253 e. The Balaban J connectivity index is 1.50. The Morgan fingerprint density at radius 1 is 0.944 bits per heavy atom. The lowest BCUT2D eigenvalue weighted by Crippen LogP contribution is -2.47. The summed E-state index contributed by atoms with van der Waals surface area (Å²) >= 11 is 1.55. The van der Waals surface area contributed by atoms with Crippen LogP contribution in [-0.4, -0.2) is 65.4 Å². The molecule has 0 radical (unpaired) electrons. The Hall–Kier alpha value is -3.56. The third-order valence-corrected chi connectivity index (χ3v) is 6.95. The number of piperazine rings is 1. The molecule has 0 spiro atoms. The van der Waals surface area contributed by atoms with Gasteiger partial charge >= 0.3 is 0 Å². The van der Waals surface area contributed by atoms with Crippen LogP contribution in [0.15, 0.2) is 60.0 Å². The molecule has 0 aliphatic carbocycles. The molecule has 3 aromatic rings. The Kier molecular flexibility index (Phi) is 8.80. The average Bonchev–Trinajstić information content (AvgIpc) is 3.41. The van der Waals surface area contributed by atoms with Crippen LogP contribution in [0.1, 0.15) is 15.2 Å². The summed E-state index contributed by atoms with van der Waals surface area (Å²) in [5.41, 5.74) is 3.05. The molecule has 8 nitrogen and oxygen atoms in total. The van der Waals surface area contributed by atoms with Gasteiger partial charge in [0.25, 0.3) is 5.91 Å². The van der Waals surface area contributed by atoms with Gasteiger partial charge in [0.2, 0.25) is 5.91 Å². The second-order valence-corrected chi connectivity index (χ2v) is 9.46. The Morgan fingerprint density at radius 2 is 1.69 bits per heavy atom. The molecule has 0 unspecified atom stereocenters. The van der Waals surface area contributed by atoms with Crippen molar-refractivity contribution in [3.8, 4) is 5.75 Å². The van der Waals surface area contributed by atoms with E-state index in [-0.39, 0.29) is 11.8 Å². The molecular formula is C27H32N4O4S. The molecule has 2 N–H and O–H groups in total. The zero-order valence-corrected chi connectivity index (χ0v) is 21.5. The minimum Gasteiger partial charge on any atom is -0.495 e. The van der Waals surface area contributed by atoms with Crippen LogP contribution in [0.2, 0.25) is 0 Å². The first-order valence-corrected chi connectivity index (χ1v) is 12.8. The number of hydrogen-bond acceptors (Lipinski definition) is 7. The van der Waals surface area contributed by atoms with Gasteiger partial charge in [-0.25, -0.2) is 0 Å². The van der Waals surface area contributed by atoms with Crippen molar-refractivity contribution in [2.24, 2.45) is 0 Å². The SMILES string of the molecule is COCCNC(=O)c1cc(NC(=O)Cc2cccs2)ccc1N1CCN(c2ccccc2OC)CC1. The summed E-state index contributed by atoms with van der Waals surface area (Å²) in [6, 6.07) is 17.4. The van der Waals surface area contributed by atoms with Gasteiger partial charge < -0.3 is 29.9 Å². The number of carbonyl (C=O) groups excluding carboxylic acids is 2. The van der Waals surface area contributed by atoms with E-state index in [2.05, 4.69) is 26.5 Å². The maximum absolute atomic E-state index is 13.1. The summed E-state index contributed by atoms with van der Waals surface area (Å²) in [6.45, 7) is 3.93. The summed E-state index contributed by atoms with van der Waals surface area (Å²) in [4.78, 5) is 31.2. The van der Waals surface area contributed by atoms with Crippen LogP contribution in [0.4, 0.5) is 17.1 Å². The Bertz CT molecular complexity index is 1160. The van der Waals surface area contributed by atoms with E-state index in [1.54, 1.807) is 31.6 Å². The molecule has 190 valence electrons. The number of amides is 2. The number of thiophene rings is 1. The smallest absolute Gasteiger partial charge is 0.253 e. The number of rotatable bonds is 10. The van der Waals surface area contributed by atoms with Gasteiger partial charge in [0.1, 0.15) is 5.75 Å². The first kappa shape index (κ1) is 25.5. The number of hydrogen-bond donors (Lipinski definition) is 2. The van der Waals surface area contributed by atoms with Crippen molar-refractivity contribution in [1.29, 1.82) is 0 Å². The van der Waals surface area contributed by atoms with Crippen molar-refractivity contribution in [2.75, 3.05) is 68.7 Å². The Morgan fingerprint density at radius 3 is 2.39 bits per heavy atom. The monoisotopic (exact) mass is 508 g/mol. The quantitative estimate of drug-likeness (QED) is 0.407. The van der Waals surface area contributed by atoms with Crippen molar-refractivity contribution in [1.82, 2.24) is 5.32 Å². The van der Waals surface area contributed by atoms with Crippen molar-refractivity contribution < 1.29 is 19.1 Å². The highest BCUT2D eigenvalue weighted by Crippen LogP contribution is 2.31. The molecule has 2 heterocycles. The molecule has 1 aliphatic rings. The number of methoxy groups -OCH3 is 2. The largest absolute Gasteiger partial charge is 0.495 e. The standard InChI is InChI=1S/C27H32N4O4S/c1-34-16-11-28-27(33)22-18-20(29-26(32)19-21-6-5-17-36-21)9-10-23(22)30-12-14-31(15-13-30)24-7-3-4-8-25(24)35-2/h3-10,17-18H,11-16,19H2,1-2H3,(H,28,33)(H,29,32). The number of nitrogens with zero attached hydrogens (tertiary/aromatic N) is 2. The molecule has 1 saturated heterocycles. The number of anilines is 3. The lowest BCUT2D eigenvalue weighted by Gasteiger charge is -2.38. The highest BCUT2D eigenvalue weighted by atomic mass is 32.1. The van der Waals surface area contributed by atoms with E-state index in [1.807, 2.05) is 47.8 Å². The van der Waals surface area contributed by atoms with E-state index >= 15 is 0 Å². The van der Waals surface area contributed by atoms with Gasteiger partial charge in [0.05, 0.1) is 31.4 Å². The van der Waals surface area contributed by atoms with Crippen LogP contribution in [0.25, 0.3) is 0 Å². The van der Waals surface area contributed by atoms with Gasteiger partial charge in [-0.1, -0.05) is 18.2 Å². The third-order valence-electron chi connectivity index (χ3n) is 6.08. The van der Waals surface area contributed by atoms with Crippen LogP contribution in [0.3, 0.4) is 0 Å². The minimum absolute atomic E-state index is 0.110.